The Morgan fingerprint density at radius 2 is 0.921 bits per heavy atom. The summed E-state index contributed by atoms with van der Waals surface area (Å²) in [5, 5.41) is 0.244. The van der Waals surface area contributed by atoms with Gasteiger partial charge in [0.15, 0.2) is 0 Å². The number of carbonyl (C=O) groups excluding carboxylic acids is 1. The first-order chi connectivity index (χ1) is 16.4. The molecule has 3 nitrogen and oxygen atoms in total. The van der Waals surface area contributed by atoms with Gasteiger partial charge in [0.2, 0.25) is 0 Å². The minimum atomic E-state index is -8.89. The fraction of sp³-hybridized carbons (Fsp3) is 0.625. The molecule has 0 bridgehead atoms. The number of amides is 1. The SMILES string of the molecule is O=C(NC(F)(F)CC(F)(F)C(F)(F)C(F)(F)C(F)(F)C(F)(F)C(F)(F)C(F)(F)C(F)(F)F)c1ccncc1. The van der Waals surface area contributed by atoms with E-state index in [4.69, 9.17) is 0 Å². The van der Waals surface area contributed by atoms with Gasteiger partial charge in [0.25, 0.3) is 5.91 Å². The maximum Gasteiger partial charge on any atom is 0.460 e. The summed E-state index contributed by atoms with van der Waals surface area (Å²) in [6, 6.07) is -4.61. The molecule has 0 aliphatic carbocycles. The van der Waals surface area contributed by atoms with Crippen LogP contribution in [0.1, 0.15) is 16.8 Å². The van der Waals surface area contributed by atoms with Crippen LogP contribution in [0.4, 0.5) is 83.4 Å². The van der Waals surface area contributed by atoms with Crippen LogP contribution in [0.5, 0.6) is 0 Å². The number of carbonyl (C=O) groups is 1. The maximum absolute atomic E-state index is 13.7. The van der Waals surface area contributed by atoms with Crippen molar-refractivity contribution >= 4 is 5.91 Å². The van der Waals surface area contributed by atoms with Crippen molar-refractivity contribution in [3.05, 3.63) is 30.1 Å². The van der Waals surface area contributed by atoms with Crippen molar-refractivity contribution in [1.82, 2.24) is 10.3 Å². The molecule has 0 atom stereocenters. The molecule has 0 spiro atoms. The summed E-state index contributed by atoms with van der Waals surface area (Å²) in [5.41, 5.74) is -0.876. The van der Waals surface area contributed by atoms with Crippen LogP contribution in [0, 0.1) is 0 Å². The van der Waals surface area contributed by atoms with Crippen LogP contribution in [-0.4, -0.2) is 64.6 Å². The number of nitrogens with zero attached hydrogens (tertiary/aromatic N) is 1. The predicted molar refractivity (Wildman–Crippen MR) is 82.0 cm³/mol. The second-order valence-corrected chi connectivity index (χ2v) is 7.22. The van der Waals surface area contributed by atoms with Gasteiger partial charge in [-0.05, 0) is 12.1 Å². The number of halogens is 19. The van der Waals surface area contributed by atoms with Crippen LogP contribution < -0.4 is 5.32 Å². The van der Waals surface area contributed by atoms with Gasteiger partial charge < -0.3 is 0 Å². The third-order valence-corrected chi connectivity index (χ3v) is 4.47. The topological polar surface area (TPSA) is 42.0 Å². The van der Waals surface area contributed by atoms with Crippen LogP contribution in [0.25, 0.3) is 0 Å². The number of hydrogen-bond donors (Lipinski definition) is 1. The summed E-state index contributed by atoms with van der Waals surface area (Å²) in [4.78, 5) is 14.8. The van der Waals surface area contributed by atoms with Gasteiger partial charge in [-0.3, -0.25) is 15.1 Å². The molecule has 38 heavy (non-hydrogen) atoms. The molecule has 1 rings (SSSR count). The average Bonchev–Trinajstić information content (AvgIpc) is 2.71. The van der Waals surface area contributed by atoms with Gasteiger partial charge in [0, 0.05) is 18.0 Å². The number of hydrogen-bond acceptors (Lipinski definition) is 2. The average molecular weight is 604 g/mol. The van der Waals surface area contributed by atoms with Crippen molar-refractivity contribution in [2.45, 2.75) is 60.1 Å². The molecule has 1 aromatic heterocycles. The summed E-state index contributed by atoms with van der Waals surface area (Å²) in [5.74, 6) is -61.3. The summed E-state index contributed by atoms with van der Waals surface area (Å²) in [6.45, 7) is 0. The molecule has 0 aliphatic rings. The standard InChI is InChI=1S/C16H7F19N2O/c17-8(18,5-9(19,20)37-7(38)6-1-3-36-4-2-6)10(21,22)11(23,24)12(25,26)13(27,28)14(29,30)15(31,32)16(33,34)35/h1-4H,5H2,(H,37,38). The number of aromatic nitrogens is 1. The smallest absolute Gasteiger partial charge is 0.293 e. The predicted octanol–water partition coefficient (Wildman–Crippen LogP) is 6.80. The highest BCUT2D eigenvalue weighted by atomic mass is 19.4. The highest BCUT2D eigenvalue weighted by molar-refractivity contribution is 5.94. The zero-order valence-corrected chi connectivity index (χ0v) is 17.1. The van der Waals surface area contributed by atoms with Gasteiger partial charge in [-0.2, -0.15) is 83.4 Å². The third kappa shape index (κ3) is 5.00. The molecule has 1 N–H and O–H groups in total. The molecule has 0 saturated carbocycles. The molecule has 0 unspecified atom stereocenters. The lowest BCUT2D eigenvalue weighted by atomic mass is 9.88. The first-order valence-corrected chi connectivity index (χ1v) is 8.76. The van der Waals surface area contributed by atoms with Crippen molar-refractivity contribution in [2.75, 3.05) is 0 Å². The lowest BCUT2D eigenvalue weighted by Gasteiger charge is -2.43. The zero-order valence-electron chi connectivity index (χ0n) is 17.1. The molecule has 0 aliphatic heterocycles. The Morgan fingerprint density at radius 3 is 1.29 bits per heavy atom. The van der Waals surface area contributed by atoms with E-state index in [-0.39, 0.29) is 5.32 Å². The molecule has 1 amide bonds. The van der Waals surface area contributed by atoms with Crippen LogP contribution >= 0.6 is 0 Å². The highest BCUT2D eigenvalue weighted by Crippen LogP contribution is 2.64. The van der Waals surface area contributed by atoms with Crippen molar-refractivity contribution in [2.24, 2.45) is 0 Å². The van der Waals surface area contributed by atoms with Crippen LogP contribution in [0.3, 0.4) is 0 Å². The Hall–Kier alpha value is -2.71. The monoisotopic (exact) mass is 604 g/mol. The van der Waals surface area contributed by atoms with Crippen molar-refractivity contribution in [3.63, 3.8) is 0 Å². The van der Waals surface area contributed by atoms with Crippen LogP contribution in [0.2, 0.25) is 0 Å². The molecule has 0 radical (unpaired) electrons. The summed E-state index contributed by atoms with van der Waals surface area (Å²) < 4.78 is 251. The Labute approximate surface area is 196 Å². The minimum absolute atomic E-state index is 0.244. The number of nitrogens with one attached hydrogen (secondary N) is 1. The van der Waals surface area contributed by atoms with Crippen LogP contribution in [0.15, 0.2) is 24.5 Å². The molecule has 0 saturated heterocycles. The van der Waals surface area contributed by atoms with Gasteiger partial charge >= 0.3 is 53.7 Å². The largest absolute Gasteiger partial charge is 0.460 e. The van der Waals surface area contributed by atoms with Gasteiger partial charge in [-0.25, -0.2) is 0 Å². The molecule has 220 valence electrons. The van der Waals surface area contributed by atoms with Gasteiger partial charge in [0.05, 0.1) is 0 Å². The van der Waals surface area contributed by atoms with E-state index in [2.05, 4.69) is 4.98 Å². The first-order valence-electron chi connectivity index (χ1n) is 8.76. The minimum Gasteiger partial charge on any atom is -0.293 e. The molecule has 0 aromatic carbocycles. The first kappa shape index (κ1) is 33.3. The van der Waals surface area contributed by atoms with Gasteiger partial charge in [0.1, 0.15) is 6.42 Å². The molecule has 0 fully saturated rings. The zero-order chi connectivity index (χ0) is 30.6. The second kappa shape index (κ2) is 9.19. The number of alkyl halides is 19. The Morgan fingerprint density at radius 1 is 0.579 bits per heavy atom. The molecule has 22 heteroatoms. The van der Waals surface area contributed by atoms with Crippen molar-refractivity contribution in [3.8, 4) is 0 Å². The Bertz CT molecular complexity index is 1000. The second-order valence-electron chi connectivity index (χ2n) is 7.22. The van der Waals surface area contributed by atoms with Gasteiger partial charge in [-0.15, -0.1) is 0 Å². The van der Waals surface area contributed by atoms with Crippen molar-refractivity contribution in [1.29, 1.82) is 0 Å². The highest BCUT2D eigenvalue weighted by Gasteiger charge is 2.95. The fourth-order valence-corrected chi connectivity index (χ4v) is 2.37. The molecule has 1 heterocycles. The van der Waals surface area contributed by atoms with E-state index in [9.17, 15) is 88.2 Å². The lowest BCUT2D eigenvalue weighted by Crippen LogP contribution is -2.74. The molecule has 1 aromatic rings. The lowest BCUT2D eigenvalue weighted by molar-refractivity contribution is -0.462. The van der Waals surface area contributed by atoms with Crippen molar-refractivity contribution < 1.29 is 88.2 Å². The summed E-state index contributed by atoms with van der Waals surface area (Å²) in [7, 11) is 0. The van der Waals surface area contributed by atoms with E-state index in [0.29, 0.717) is 12.1 Å². The van der Waals surface area contributed by atoms with E-state index in [1.807, 2.05) is 0 Å². The normalized spacial score (nSPS) is 15.4. The number of pyridine rings is 1. The van der Waals surface area contributed by atoms with E-state index in [1.165, 1.54) is 0 Å². The maximum atomic E-state index is 13.7. The van der Waals surface area contributed by atoms with E-state index in [1.54, 1.807) is 0 Å². The quantitative estimate of drug-likeness (QED) is 0.236. The molecular formula is C16H7F19N2O. The summed E-state index contributed by atoms with van der Waals surface area (Å²) >= 11 is 0. The van der Waals surface area contributed by atoms with E-state index < -0.39 is 71.6 Å². The van der Waals surface area contributed by atoms with Gasteiger partial charge in [-0.1, -0.05) is 0 Å². The fourth-order valence-electron chi connectivity index (χ4n) is 2.37. The van der Waals surface area contributed by atoms with Crippen LogP contribution in [-0.2, 0) is 0 Å². The number of rotatable bonds is 10. The third-order valence-electron chi connectivity index (χ3n) is 4.47. The summed E-state index contributed by atoms with van der Waals surface area (Å²) in [6.07, 6.45) is -10.6. The van der Waals surface area contributed by atoms with E-state index in [0.717, 1.165) is 12.4 Å². The Kier molecular flexibility index (Phi) is 8.06. The van der Waals surface area contributed by atoms with E-state index >= 15 is 0 Å². The Balaban J connectivity index is 3.47. The molecular weight excluding hydrogens is 597 g/mol.